The SMILES string of the molecule is CCN(c1ccccc1)S(=O)(=O)c1ccc(C(=O)Nc2nnc(Cc3ccc(C(C)C)cc3)o2)cc1. The van der Waals surface area contributed by atoms with Gasteiger partial charge in [-0.05, 0) is 60.4 Å². The molecule has 0 saturated heterocycles. The van der Waals surface area contributed by atoms with Crippen LogP contribution < -0.4 is 9.62 Å². The van der Waals surface area contributed by atoms with E-state index in [1.807, 2.05) is 18.2 Å². The highest BCUT2D eigenvalue weighted by atomic mass is 32.2. The third kappa shape index (κ3) is 5.63. The molecule has 1 aromatic heterocycles. The van der Waals surface area contributed by atoms with E-state index in [1.54, 1.807) is 31.2 Å². The first kappa shape index (κ1) is 25.1. The number of nitrogens with one attached hydrogen (secondary N) is 1. The molecule has 1 heterocycles. The number of benzene rings is 3. The van der Waals surface area contributed by atoms with Crippen LogP contribution in [0.15, 0.2) is 88.2 Å². The number of rotatable bonds is 9. The van der Waals surface area contributed by atoms with Gasteiger partial charge in [0.05, 0.1) is 17.0 Å². The molecule has 8 nitrogen and oxygen atoms in total. The molecule has 0 saturated carbocycles. The molecule has 0 spiro atoms. The van der Waals surface area contributed by atoms with Crippen LogP contribution >= 0.6 is 0 Å². The molecule has 0 aliphatic carbocycles. The van der Waals surface area contributed by atoms with E-state index >= 15 is 0 Å². The lowest BCUT2D eigenvalue weighted by atomic mass is 10.0. The topological polar surface area (TPSA) is 105 Å². The zero-order valence-electron chi connectivity index (χ0n) is 20.4. The molecular formula is C27H28N4O4S. The van der Waals surface area contributed by atoms with Crippen molar-refractivity contribution in [2.24, 2.45) is 0 Å². The molecule has 3 aromatic carbocycles. The summed E-state index contributed by atoms with van der Waals surface area (Å²) in [4.78, 5) is 12.7. The van der Waals surface area contributed by atoms with Gasteiger partial charge in [-0.3, -0.25) is 14.4 Å². The van der Waals surface area contributed by atoms with Crippen molar-refractivity contribution in [2.45, 2.75) is 38.0 Å². The van der Waals surface area contributed by atoms with Crippen LogP contribution in [0.3, 0.4) is 0 Å². The van der Waals surface area contributed by atoms with Crippen molar-refractivity contribution in [3.05, 3.63) is 101 Å². The van der Waals surface area contributed by atoms with Crippen LogP contribution in [0.1, 0.15) is 54.1 Å². The summed E-state index contributed by atoms with van der Waals surface area (Å²) in [7, 11) is -3.78. The Hall–Kier alpha value is -3.98. The summed E-state index contributed by atoms with van der Waals surface area (Å²) in [5.41, 5.74) is 3.11. The van der Waals surface area contributed by atoms with Crippen LogP contribution in [-0.4, -0.2) is 31.1 Å². The van der Waals surface area contributed by atoms with Gasteiger partial charge in [0.15, 0.2) is 0 Å². The Balaban J connectivity index is 1.42. The second-order valence-corrected chi connectivity index (χ2v) is 10.4. The van der Waals surface area contributed by atoms with E-state index in [2.05, 4.69) is 41.5 Å². The van der Waals surface area contributed by atoms with Crippen LogP contribution in [-0.2, 0) is 16.4 Å². The molecule has 9 heteroatoms. The number of aromatic nitrogens is 2. The minimum atomic E-state index is -3.78. The van der Waals surface area contributed by atoms with E-state index in [0.29, 0.717) is 23.9 Å². The summed E-state index contributed by atoms with van der Waals surface area (Å²) >= 11 is 0. The predicted molar refractivity (Wildman–Crippen MR) is 139 cm³/mol. The zero-order valence-corrected chi connectivity index (χ0v) is 21.2. The number of hydrogen-bond donors (Lipinski definition) is 1. The Kier molecular flexibility index (Phi) is 7.49. The van der Waals surface area contributed by atoms with E-state index in [1.165, 1.54) is 34.1 Å². The van der Waals surface area contributed by atoms with Gasteiger partial charge in [-0.1, -0.05) is 61.4 Å². The van der Waals surface area contributed by atoms with E-state index in [9.17, 15) is 13.2 Å². The number of carbonyl (C=O) groups excluding carboxylic acids is 1. The first-order chi connectivity index (χ1) is 17.3. The number of anilines is 2. The highest BCUT2D eigenvalue weighted by molar-refractivity contribution is 7.92. The standard InChI is InChI=1S/C27H28N4O4S/c1-4-31(23-8-6-5-7-9-23)36(33,34)24-16-14-22(15-17-24)26(32)28-27-30-29-25(35-27)18-20-10-12-21(13-11-20)19(2)3/h5-17,19H,4,18H2,1-3H3,(H,28,30,32). The number of sulfonamides is 1. The second kappa shape index (κ2) is 10.7. The minimum Gasteiger partial charge on any atom is -0.407 e. The Labute approximate surface area is 211 Å². The summed E-state index contributed by atoms with van der Waals surface area (Å²) < 4.78 is 33.2. The lowest BCUT2D eigenvalue weighted by Crippen LogP contribution is -2.30. The number of amides is 1. The first-order valence-electron chi connectivity index (χ1n) is 11.7. The van der Waals surface area contributed by atoms with Gasteiger partial charge in [0.25, 0.3) is 15.9 Å². The number of hydrogen-bond acceptors (Lipinski definition) is 6. The van der Waals surface area contributed by atoms with Gasteiger partial charge in [0.2, 0.25) is 5.89 Å². The highest BCUT2D eigenvalue weighted by Crippen LogP contribution is 2.24. The maximum atomic E-state index is 13.1. The third-order valence-electron chi connectivity index (χ3n) is 5.72. The number of nitrogens with zero attached hydrogens (tertiary/aromatic N) is 3. The molecule has 1 amide bonds. The fourth-order valence-electron chi connectivity index (χ4n) is 3.73. The van der Waals surface area contributed by atoms with Crippen LogP contribution in [0.2, 0.25) is 0 Å². The summed E-state index contributed by atoms with van der Waals surface area (Å²) in [5.74, 6) is 0.350. The average molecular weight is 505 g/mol. The third-order valence-corrected chi connectivity index (χ3v) is 7.64. The lowest BCUT2D eigenvalue weighted by Gasteiger charge is -2.22. The Bertz CT molecular complexity index is 1410. The average Bonchev–Trinajstić information content (AvgIpc) is 3.32. The van der Waals surface area contributed by atoms with Crippen LogP contribution in [0.5, 0.6) is 0 Å². The van der Waals surface area contributed by atoms with Gasteiger partial charge in [0, 0.05) is 12.1 Å². The maximum absolute atomic E-state index is 13.1. The fraction of sp³-hybridized carbons (Fsp3) is 0.222. The summed E-state index contributed by atoms with van der Waals surface area (Å²) in [6, 6.07) is 22.8. The molecule has 0 bridgehead atoms. The van der Waals surface area contributed by atoms with Crippen molar-refractivity contribution in [2.75, 3.05) is 16.2 Å². The van der Waals surface area contributed by atoms with Gasteiger partial charge in [-0.2, -0.15) is 0 Å². The summed E-state index contributed by atoms with van der Waals surface area (Å²) in [6.45, 7) is 6.32. The molecule has 0 atom stereocenters. The molecule has 0 fully saturated rings. The van der Waals surface area contributed by atoms with Crippen molar-refractivity contribution < 1.29 is 17.6 Å². The molecule has 36 heavy (non-hydrogen) atoms. The Morgan fingerprint density at radius 2 is 1.61 bits per heavy atom. The van der Waals surface area contributed by atoms with E-state index < -0.39 is 15.9 Å². The van der Waals surface area contributed by atoms with E-state index in [0.717, 1.165) is 5.56 Å². The maximum Gasteiger partial charge on any atom is 0.322 e. The monoisotopic (exact) mass is 504 g/mol. The number of para-hydroxylation sites is 1. The first-order valence-corrected chi connectivity index (χ1v) is 13.1. The molecule has 1 N–H and O–H groups in total. The van der Waals surface area contributed by atoms with E-state index in [-0.39, 0.29) is 23.0 Å². The smallest absolute Gasteiger partial charge is 0.322 e. The van der Waals surface area contributed by atoms with Crippen molar-refractivity contribution in [1.82, 2.24) is 10.2 Å². The van der Waals surface area contributed by atoms with Gasteiger partial charge < -0.3 is 4.42 Å². The Morgan fingerprint density at radius 1 is 0.944 bits per heavy atom. The molecular weight excluding hydrogens is 476 g/mol. The quantitative estimate of drug-likeness (QED) is 0.334. The lowest BCUT2D eigenvalue weighted by molar-refractivity contribution is 0.102. The summed E-state index contributed by atoms with van der Waals surface area (Å²) in [5, 5.41) is 10.5. The van der Waals surface area contributed by atoms with Gasteiger partial charge in [0.1, 0.15) is 0 Å². The van der Waals surface area contributed by atoms with Crippen molar-refractivity contribution >= 4 is 27.6 Å². The van der Waals surface area contributed by atoms with Crippen LogP contribution in [0, 0.1) is 0 Å². The van der Waals surface area contributed by atoms with Gasteiger partial charge >= 0.3 is 6.01 Å². The summed E-state index contributed by atoms with van der Waals surface area (Å²) in [6.07, 6.45) is 0.448. The molecule has 186 valence electrons. The number of carbonyl (C=O) groups is 1. The molecule has 0 aliphatic heterocycles. The van der Waals surface area contributed by atoms with Crippen LogP contribution in [0.4, 0.5) is 11.7 Å². The van der Waals surface area contributed by atoms with Crippen molar-refractivity contribution in [1.29, 1.82) is 0 Å². The van der Waals surface area contributed by atoms with Crippen LogP contribution in [0.25, 0.3) is 0 Å². The zero-order chi connectivity index (χ0) is 25.7. The molecule has 4 aromatic rings. The Morgan fingerprint density at radius 3 is 2.22 bits per heavy atom. The van der Waals surface area contributed by atoms with Gasteiger partial charge in [-0.15, -0.1) is 5.10 Å². The fourth-order valence-corrected chi connectivity index (χ4v) is 5.20. The second-order valence-electron chi connectivity index (χ2n) is 8.56. The van der Waals surface area contributed by atoms with Gasteiger partial charge in [-0.25, -0.2) is 8.42 Å². The molecule has 0 radical (unpaired) electrons. The van der Waals surface area contributed by atoms with E-state index in [4.69, 9.17) is 4.42 Å². The van der Waals surface area contributed by atoms with Crippen molar-refractivity contribution in [3.63, 3.8) is 0 Å². The largest absolute Gasteiger partial charge is 0.407 e. The molecule has 0 unspecified atom stereocenters. The minimum absolute atomic E-state index is 0.0215. The normalized spacial score (nSPS) is 11.4. The van der Waals surface area contributed by atoms with Crippen molar-refractivity contribution in [3.8, 4) is 0 Å². The predicted octanol–water partition coefficient (Wildman–Crippen LogP) is 5.25. The molecule has 4 rings (SSSR count). The molecule has 0 aliphatic rings. The highest BCUT2D eigenvalue weighted by Gasteiger charge is 2.24.